The van der Waals surface area contributed by atoms with E-state index in [0.29, 0.717) is 15.8 Å². The van der Waals surface area contributed by atoms with E-state index in [1.165, 1.54) is 6.07 Å². The Hall–Kier alpha value is -5.77. The molecule has 7 rings (SSSR count). The fourth-order valence-electron chi connectivity index (χ4n) is 5.14. The fraction of sp³-hybridized carbons (Fsp3) is 0.0588. The average molecular weight is 589 g/mol. The lowest BCUT2D eigenvalue weighted by molar-refractivity contribution is -0.142. The van der Waals surface area contributed by atoms with Gasteiger partial charge in [-0.05, 0) is 35.0 Å². The van der Waals surface area contributed by atoms with E-state index in [-0.39, 0.29) is 23.6 Å². The van der Waals surface area contributed by atoms with Crippen molar-refractivity contribution in [3.8, 4) is 28.2 Å². The van der Waals surface area contributed by atoms with Crippen molar-refractivity contribution in [1.29, 1.82) is 0 Å². The van der Waals surface area contributed by atoms with E-state index in [4.69, 9.17) is 5.10 Å². The molecule has 3 aromatic heterocycles. The minimum Gasteiger partial charge on any atom is -0.346 e. The summed E-state index contributed by atoms with van der Waals surface area (Å²) in [5.74, 6) is -0.637. The maximum absolute atomic E-state index is 14.2. The van der Waals surface area contributed by atoms with E-state index in [9.17, 15) is 18.0 Å². The van der Waals surface area contributed by atoms with Crippen LogP contribution < -0.4 is 5.32 Å². The van der Waals surface area contributed by atoms with E-state index in [2.05, 4.69) is 15.4 Å². The number of benzene rings is 4. The number of hydrogen-bond donors (Lipinski definition) is 1. The Morgan fingerprint density at radius 3 is 2.20 bits per heavy atom. The van der Waals surface area contributed by atoms with E-state index in [0.717, 1.165) is 33.7 Å². The van der Waals surface area contributed by atoms with Crippen molar-refractivity contribution in [3.05, 3.63) is 138 Å². The van der Waals surface area contributed by atoms with Crippen LogP contribution in [0.3, 0.4) is 0 Å². The molecule has 1 amide bonds. The third-order valence-electron chi connectivity index (χ3n) is 7.29. The number of halogens is 3. The van der Waals surface area contributed by atoms with E-state index in [1.807, 2.05) is 97.2 Å². The van der Waals surface area contributed by atoms with Crippen LogP contribution in [0.15, 0.2) is 121 Å². The standard InChI is InChI=1S/C34H23F3N6O/c35-34(36,37)30-18-28(25-16-15-22-9-7-8-12-24(22)17-25)39-31-19-29(40-43(30)31)33(44)38-20-26-21-42(27-13-5-2-6-14-27)41-32(26)23-10-3-1-4-11-23/h1-19,21H,20H2,(H,38,44). The zero-order valence-electron chi connectivity index (χ0n) is 23.0. The maximum Gasteiger partial charge on any atom is 0.433 e. The first kappa shape index (κ1) is 27.1. The molecule has 0 aliphatic heterocycles. The van der Waals surface area contributed by atoms with Crippen molar-refractivity contribution in [2.24, 2.45) is 0 Å². The molecule has 4 aromatic carbocycles. The quantitative estimate of drug-likeness (QED) is 0.220. The molecule has 0 spiro atoms. The first-order valence-electron chi connectivity index (χ1n) is 13.8. The summed E-state index contributed by atoms with van der Waals surface area (Å²) in [7, 11) is 0. The third kappa shape index (κ3) is 5.17. The van der Waals surface area contributed by atoms with Gasteiger partial charge in [-0.1, -0.05) is 84.9 Å². The molecule has 0 atom stereocenters. The van der Waals surface area contributed by atoms with E-state index < -0.39 is 17.8 Å². The highest BCUT2D eigenvalue weighted by Gasteiger charge is 2.35. The molecule has 7 aromatic rings. The summed E-state index contributed by atoms with van der Waals surface area (Å²) >= 11 is 0. The molecule has 44 heavy (non-hydrogen) atoms. The molecule has 0 aliphatic rings. The summed E-state index contributed by atoms with van der Waals surface area (Å²) in [6, 6.07) is 34.2. The summed E-state index contributed by atoms with van der Waals surface area (Å²) in [5, 5.41) is 13.4. The van der Waals surface area contributed by atoms with Crippen LogP contribution in [0.4, 0.5) is 13.2 Å². The third-order valence-corrected chi connectivity index (χ3v) is 7.29. The van der Waals surface area contributed by atoms with Gasteiger partial charge in [-0.2, -0.15) is 23.4 Å². The lowest BCUT2D eigenvalue weighted by Gasteiger charge is -2.11. The van der Waals surface area contributed by atoms with Crippen LogP contribution in [0.2, 0.25) is 0 Å². The van der Waals surface area contributed by atoms with Gasteiger partial charge in [0, 0.05) is 35.5 Å². The molecular formula is C34H23F3N6O. The molecule has 0 radical (unpaired) electrons. The second-order valence-electron chi connectivity index (χ2n) is 10.2. The first-order chi connectivity index (χ1) is 21.3. The normalized spacial score (nSPS) is 11.7. The molecule has 3 heterocycles. The van der Waals surface area contributed by atoms with Crippen LogP contribution in [0.1, 0.15) is 21.7 Å². The van der Waals surface area contributed by atoms with E-state index >= 15 is 0 Å². The van der Waals surface area contributed by atoms with Gasteiger partial charge in [0.2, 0.25) is 0 Å². The molecular weight excluding hydrogens is 565 g/mol. The van der Waals surface area contributed by atoms with Crippen LogP contribution in [0.5, 0.6) is 0 Å². The van der Waals surface area contributed by atoms with Gasteiger partial charge in [0.25, 0.3) is 5.91 Å². The molecule has 1 N–H and O–H groups in total. The number of carbonyl (C=O) groups excluding carboxylic acids is 1. The fourth-order valence-corrected chi connectivity index (χ4v) is 5.14. The Bertz CT molecular complexity index is 2140. The van der Waals surface area contributed by atoms with Crippen LogP contribution in [-0.2, 0) is 12.7 Å². The highest BCUT2D eigenvalue weighted by atomic mass is 19.4. The Labute approximate surface area is 249 Å². The van der Waals surface area contributed by atoms with Gasteiger partial charge in [0.1, 0.15) is 0 Å². The summed E-state index contributed by atoms with van der Waals surface area (Å²) in [5.41, 5.74) is 2.45. The number of para-hydroxylation sites is 1. The second-order valence-corrected chi connectivity index (χ2v) is 10.2. The molecule has 0 saturated carbocycles. The number of hydrogen-bond acceptors (Lipinski definition) is 4. The summed E-state index contributed by atoms with van der Waals surface area (Å²) in [4.78, 5) is 17.7. The highest BCUT2D eigenvalue weighted by Crippen LogP contribution is 2.33. The van der Waals surface area contributed by atoms with Crippen LogP contribution >= 0.6 is 0 Å². The topological polar surface area (TPSA) is 77.1 Å². The molecule has 0 bridgehead atoms. The molecule has 216 valence electrons. The SMILES string of the molecule is O=C(NCc1cn(-c2ccccc2)nc1-c1ccccc1)c1cc2nc(-c3ccc4ccccc4c3)cc(C(F)(F)F)n2n1. The Morgan fingerprint density at radius 2 is 1.45 bits per heavy atom. The Kier molecular flexibility index (Phi) is 6.66. The van der Waals surface area contributed by atoms with Gasteiger partial charge in [0.05, 0.1) is 17.1 Å². The second kappa shape index (κ2) is 10.8. The number of nitrogens with zero attached hydrogens (tertiary/aromatic N) is 5. The lowest BCUT2D eigenvalue weighted by atomic mass is 10.0. The van der Waals surface area contributed by atoms with Gasteiger partial charge in [-0.3, -0.25) is 4.79 Å². The summed E-state index contributed by atoms with van der Waals surface area (Å²) in [6.45, 7) is 0.0751. The number of fused-ring (bicyclic) bond motifs is 2. The molecule has 7 nitrogen and oxygen atoms in total. The molecule has 0 saturated heterocycles. The van der Waals surface area contributed by atoms with Crippen molar-refractivity contribution in [2.75, 3.05) is 0 Å². The molecule has 0 fully saturated rings. The van der Waals surface area contributed by atoms with Crippen molar-refractivity contribution >= 4 is 22.3 Å². The maximum atomic E-state index is 14.2. The van der Waals surface area contributed by atoms with Gasteiger partial charge < -0.3 is 5.32 Å². The zero-order chi connectivity index (χ0) is 30.3. The number of aromatic nitrogens is 5. The number of carbonyl (C=O) groups is 1. The van der Waals surface area contributed by atoms with Crippen LogP contribution in [-0.4, -0.2) is 30.3 Å². The minimum absolute atomic E-state index is 0.0751. The van der Waals surface area contributed by atoms with Crippen molar-refractivity contribution < 1.29 is 18.0 Å². The van der Waals surface area contributed by atoms with Gasteiger partial charge in [-0.25, -0.2) is 14.2 Å². The largest absolute Gasteiger partial charge is 0.433 e. The van der Waals surface area contributed by atoms with Crippen molar-refractivity contribution in [2.45, 2.75) is 12.7 Å². The van der Waals surface area contributed by atoms with Gasteiger partial charge in [-0.15, -0.1) is 0 Å². The van der Waals surface area contributed by atoms with Crippen molar-refractivity contribution in [3.63, 3.8) is 0 Å². The zero-order valence-corrected chi connectivity index (χ0v) is 23.0. The van der Waals surface area contributed by atoms with Gasteiger partial charge >= 0.3 is 6.18 Å². The van der Waals surface area contributed by atoms with E-state index in [1.54, 1.807) is 16.8 Å². The lowest BCUT2D eigenvalue weighted by Crippen LogP contribution is -2.23. The Balaban J connectivity index is 1.22. The first-order valence-corrected chi connectivity index (χ1v) is 13.8. The van der Waals surface area contributed by atoms with Crippen LogP contribution in [0, 0.1) is 0 Å². The Morgan fingerprint density at radius 1 is 0.750 bits per heavy atom. The molecule has 10 heteroatoms. The smallest absolute Gasteiger partial charge is 0.346 e. The minimum atomic E-state index is -4.73. The molecule has 0 unspecified atom stereocenters. The monoisotopic (exact) mass is 588 g/mol. The average Bonchev–Trinajstić information content (AvgIpc) is 3.68. The predicted molar refractivity (Wildman–Crippen MR) is 161 cm³/mol. The number of nitrogens with one attached hydrogen (secondary N) is 1. The highest BCUT2D eigenvalue weighted by molar-refractivity contribution is 5.93. The molecule has 0 aliphatic carbocycles. The number of alkyl halides is 3. The number of rotatable bonds is 6. The summed E-state index contributed by atoms with van der Waals surface area (Å²) < 4.78 is 45.0. The predicted octanol–water partition coefficient (Wildman–Crippen LogP) is 7.35. The van der Waals surface area contributed by atoms with Gasteiger partial charge in [0.15, 0.2) is 17.0 Å². The summed E-state index contributed by atoms with van der Waals surface area (Å²) in [6.07, 6.45) is -2.91. The van der Waals surface area contributed by atoms with Crippen molar-refractivity contribution in [1.82, 2.24) is 29.7 Å². The van der Waals surface area contributed by atoms with Crippen LogP contribution in [0.25, 0.3) is 44.6 Å². The number of amides is 1.